The van der Waals surface area contributed by atoms with Gasteiger partial charge >= 0.3 is 0 Å². The van der Waals surface area contributed by atoms with Crippen LogP contribution in [0.15, 0.2) is 6.33 Å². The molecule has 0 fully saturated rings. The third-order valence-electron chi connectivity index (χ3n) is 2.17. The van der Waals surface area contributed by atoms with E-state index in [0.717, 1.165) is 0 Å². The van der Waals surface area contributed by atoms with Crippen LogP contribution in [0.4, 0.5) is 11.6 Å². The first kappa shape index (κ1) is 13.4. The summed E-state index contributed by atoms with van der Waals surface area (Å²) in [6.07, 6.45) is 1.33. The van der Waals surface area contributed by atoms with E-state index in [2.05, 4.69) is 15.4 Å². The number of nitrogens with zero attached hydrogens (tertiary/aromatic N) is 3. The molecular formula is C9H17N5O3. The molecule has 0 amide bonds. The van der Waals surface area contributed by atoms with E-state index in [1.807, 2.05) is 0 Å². The van der Waals surface area contributed by atoms with E-state index in [9.17, 15) is 0 Å². The summed E-state index contributed by atoms with van der Waals surface area (Å²) in [4.78, 5) is 9.66. The number of nitrogens with two attached hydrogens (primary N) is 1. The Morgan fingerprint density at radius 1 is 1.35 bits per heavy atom. The molecule has 8 nitrogen and oxygen atoms in total. The number of hydrogen-bond donors (Lipinski definition) is 4. The second-order valence-corrected chi connectivity index (χ2v) is 3.16. The predicted molar refractivity (Wildman–Crippen MR) is 62.8 cm³/mol. The first-order chi connectivity index (χ1) is 8.28. The van der Waals surface area contributed by atoms with Crippen molar-refractivity contribution in [1.29, 1.82) is 0 Å². The number of aromatic nitrogens is 2. The zero-order valence-corrected chi connectivity index (χ0v) is 9.63. The Hall–Kier alpha value is -1.64. The molecule has 0 saturated carbocycles. The Labute approximate surface area is 99.0 Å². The number of ether oxygens (including phenoxy) is 1. The van der Waals surface area contributed by atoms with Crippen molar-refractivity contribution >= 4 is 11.6 Å². The molecule has 0 atom stereocenters. The zero-order chi connectivity index (χ0) is 12.7. The minimum absolute atomic E-state index is 0.0570. The maximum Gasteiger partial charge on any atom is 0.205 e. The molecule has 8 heteroatoms. The van der Waals surface area contributed by atoms with Crippen molar-refractivity contribution in [3.05, 3.63) is 6.33 Å². The van der Waals surface area contributed by atoms with Gasteiger partial charge in [-0.3, -0.25) is 0 Å². The number of hydrogen-bond acceptors (Lipinski definition) is 8. The summed E-state index contributed by atoms with van der Waals surface area (Å²) in [5.74, 6) is 6.49. The fraction of sp³-hybridized carbons (Fsp3) is 0.556. The van der Waals surface area contributed by atoms with Gasteiger partial charge in [0.05, 0.1) is 20.3 Å². The maximum atomic E-state index is 8.97. The fourth-order valence-electron chi connectivity index (χ4n) is 1.45. The Morgan fingerprint density at radius 3 is 2.47 bits per heavy atom. The fourth-order valence-corrected chi connectivity index (χ4v) is 1.45. The summed E-state index contributed by atoms with van der Waals surface area (Å²) in [5.41, 5.74) is 2.40. The molecule has 0 aromatic carbocycles. The van der Waals surface area contributed by atoms with Gasteiger partial charge in [0.2, 0.25) is 5.75 Å². The molecule has 0 spiro atoms. The normalized spacial score (nSPS) is 10.1. The number of aliphatic hydroxyl groups is 2. The van der Waals surface area contributed by atoms with Crippen LogP contribution >= 0.6 is 0 Å². The lowest BCUT2D eigenvalue weighted by molar-refractivity contribution is 0.279. The summed E-state index contributed by atoms with van der Waals surface area (Å²) in [5, 5.41) is 17.9. The molecule has 1 rings (SSSR count). The first-order valence-corrected chi connectivity index (χ1v) is 5.10. The Balaban J connectivity index is 3.07. The largest absolute Gasteiger partial charge is 0.490 e. The third-order valence-corrected chi connectivity index (χ3v) is 2.17. The van der Waals surface area contributed by atoms with Crippen molar-refractivity contribution in [2.75, 3.05) is 43.7 Å². The number of anilines is 2. The van der Waals surface area contributed by atoms with Gasteiger partial charge in [0.15, 0.2) is 11.6 Å². The van der Waals surface area contributed by atoms with E-state index in [4.69, 9.17) is 20.8 Å². The van der Waals surface area contributed by atoms with Gasteiger partial charge in [-0.1, -0.05) is 0 Å². The quantitative estimate of drug-likeness (QED) is 0.340. The molecule has 0 saturated heterocycles. The van der Waals surface area contributed by atoms with Crippen molar-refractivity contribution in [1.82, 2.24) is 9.97 Å². The highest BCUT2D eigenvalue weighted by Gasteiger charge is 2.17. The van der Waals surface area contributed by atoms with Crippen molar-refractivity contribution in [3.8, 4) is 5.75 Å². The molecular weight excluding hydrogens is 226 g/mol. The minimum atomic E-state index is -0.0570. The highest BCUT2D eigenvalue weighted by atomic mass is 16.5. The Morgan fingerprint density at radius 2 is 2.00 bits per heavy atom. The molecule has 0 unspecified atom stereocenters. The molecule has 0 radical (unpaired) electrons. The molecule has 0 aliphatic heterocycles. The summed E-state index contributed by atoms with van der Waals surface area (Å²) < 4.78 is 5.17. The lowest BCUT2D eigenvalue weighted by Gasteiger charge is -2.23. The average Bonchev–Trinajstić information content (AvgIpc) is 2.37. The smallest absolute Gasteiger partial charge is 0.205 e. The van der Waals surface area contributed by atoms with Crippen LogP contribution in [0.2, 0.25) is 0 Å². The Kier molecular flexibility index (Phi) is 5.40. The van der Waals surface area contributed by atoms with Crippen molar-refractivity contribution in [3.63, 3.8) is 0 Å². The van der Waals surface area contributed by atoms with Crippen molar-refractivity contribution < 1.29 is 14.9 Å². The topological polar surface area (TPSA) is 117 Å². The van der Waals surface area contributed by atoms with Crippen LogP contribution in [0.25, 0.3) is 0 Å². The summed E-state index contributed by atoms with van der Waals surface area (Å²) in [7, 11) is 1.47. The molecule has 1 aromatic rings. The van der Waals surface area contributed by atoms with Crippen molar-refractivity contribution in [2.24, 2.45) is 5.84 Å². The van der Waals surface area contributed by atoms with E-state index in [0.29, 0.717) is 30.5 Å². The van der Waals surface area contributed by atoms with Crippen LogP contribution < -0.4 is 20.9 Å². The molecule has 0 aliphatic carbocycles. The average molecular weight is 243 g/mol. The van der Waals surface area contributed by atoms with Gasteiger partial charge in [-0.2, -0.15) is 0 Å². The molecule has 0 bridgehead atoms. The lowest BCUT2D eigenvalue weighted by atomic mass is 10.4. The first-order valence-electron chi connectivity index (χ1n) is 5.10. The van der Waals surface area contributed by atoms with Crippen LogP contribution in [0.1, 0.15) is 0 Å². The van der Waals surface area contributed by atoms with E-state index in [1.165, 1.54) is 13.4 Å². The van der Waals surface area contributed by atoms with Crippen LogP contribution in [0.5, 0.6) is 5.75 Å². The van der Waals surface area contributed by atoms with E-state index >= 15 is 0 Å². The van der Waals surface area contributed by atoms with Gasteiger partial charge in [0, 0.05) is 13.1 Å². The summed E-state index contributed by atoms with van der Waals surface area (Å²) >= 11 is 0. The summed E-state index contributed by atoms with van der Waals surface area (Å²) in [6, 6.07) is 0. The monoisotopic (exact) mass is 243 g/mol. The van der Waals surface area contributed by atoms with Crippen LogP contribution in [0, 0.1) is 0 Å². The van der Waals surface area contributed by atoms with Gasteiger partial charge in [-0.25, -0.2) is 15.8 Å². The number of hydrazine groups is 1. The SMILES string of the molecule is COc1c(NN)ncnc1N(CCO)CCO. The van der Waals surface area contributed by atoms with E-state index in [1.54, 1.807) is 4.90 Å². The highest BCUT2D eigenvalue weighted by Crippen LogP contribution is 2.30. The number of aliphatic hydroxyl groups excluding tert-OH is 2. The number of methoxy groups -OCH3 is 1. The lowest BCUT2D eigenvalue weighted by Crippen LogP contribution is -2.31. The molecule has 5 N–H and O–H groups in total. The second-order valence-electron chi connectivity index (χ2n) is 3.16. The minimum Gasteiger partial charge on any atom is -0.490 e. The van der Waals surface area contributed by atoms with Crippen molar-refractivity contribution in [2.45, 2.75) is 0 Å². The number of nitrogen functional groups attached to an aromatic ring is 1. The van der Waals surface area contributed by atoms with Gasteiger partial charge in [-0.05, 0) is 0 Å². The van der Waals surface area contributed by atoms with Crippen LogP contribution in [-0.2, 0) is 0 Å². The van der Waals surface area contributed by atoms with Gasteiger partial charge in [0.25, 0.3) is 0 Å². The standard InChI is InChI=1S/C9H17N5O3/c1-17-7-8(13-10)11-6-12-9(7)14(2-4-15)3-5-16/h6,15-16H,2-5,10H2,1H3,(H,11,12,13). The number of nitrogens with one attached hydrogen (secondary N) is 1. The predicted octanol–water partition coefficient (Wildman–Crippen LogP) is -1.44. The van der Waals surface area contributed by atoms with E-state index in [-0.39, 0.29) is 13.2 Å². The van der Waals surface area contributed by atoms with Gasteiger partial charge < -0.3 is 25.3 Å². The molecule has 1 aromatic heterocycles. The third kappa shape index (κ3) is 3.16. The molecule has 1 heterocycles. The zero-order valence-electron chi connectivity index (χ0n) is 9.63. The maximum absolute atomic E-state index is 8.97. The van der Waals surface area contributed by atoms with Crippen LogP contribution in [0.3, 0.4) is 0 Å². The van der Waals surface area contributed by atoms with Gasteiger partial charge in [0.1, 0.15) is 6.33 Å². The molecule has 17 heavy (non-hydrogen) atoms. The molecule has 0 aliphatic rings. The Bertz CT molecular complexity index is 343. The highest BCUT2D eigenvalue weighted by molar-refractivity contribution is 5.64. The number of rotatable bonds is 7. The second kappa shape index (κ2) is 6.84. The van der Waals surface area contributed by atoms with E-state index < -0.39 is 0 Å². The molecule has 96 valence electrons. The summed E-state index contributed by atoms with van der Waals surface area (Å²) in [6.45, 7) is 0.549. The van der Waals surface area contributed by atoms with Crippen LogP contribution in [-0.4, -0.2) is 53.6 Å². The van der Waals surface area contributed by atoms with Gasteiger partial charge in [-0.15, -0.1) is 0 Å².